The molecule has 0 aliphatic rings. The van der Waals surface area contributed by atoms with Crippen LogP contribution in [-0.4, -0.2) is 31.8 Å². The number of benzene rings is 3. The fourth-order valence-electron chi connectivity index (χ4n) is 3.32. The molecule has 1 amide bonds. The molecule has 0 aliphatic heterocycles. The second-order valence-electron chi connectivity index (χ2n) is 7.33. The van der Waals surface area contributed by atoms with Crippen molar-refractivity contribution in [2.45, 2.75) is 17.9 Å². The van der Waals surface area contributed by atoms with E-state index in [1.807, 2.05) is 78.9 Å². The summed E-state index contributed by atoms with van der Waals surface area (Å²) < 4.78 is 11.1. The molecule has 0 saturated carbocycles. The fourth-order valence-corrected chi connectivity index (χ4v) is 5.10. The van der Waals surface area contributed by atoms with Crippen molar-refractivity contribution in [3.63, 3.8) is 0 Å². The van der Waals surface area contributed by atoms with Gasteiger partial charge in [-0.05, 0) is 58.5 Å². The van der Waals surface area contributed by atoms with Crippen LogP contribution in [0.15, 0.2) is 83.8 Å². The number of hydrogen-bond donors (Lipinski definition) is 0. The quantitative estimate of drug-likeness (QED) is 0.174. The largest absolute Gasteiger partial charge is 0.497 e. The Bertz CT molecular complexity index is 1060. The van der Waals surface area contributed by atoms with E-state index in [1.54, 1.807) is 23.8 Å². The van der Waals surface area contributed by atoms with Crippen LogP contribution in [0.3, 0.4) is 0 Å². The highest BCUT2D eigenvalue weighted by Crippen LogP contribution is 2.31. The van der Waals surface area contributed by atoms with Crippen molar-refractivity contribution < 1.29 is 19.1 Å². The number of thioether (sulfide) groups is 1. The molecule has 0 aromatic heterocycles. The number of methoxy groups -OCH3 is 2. The first-order valence-electron chi connectivity index (χ1n) is 10.4. The highest BCUT2D eigenvalue weighted by Gasteiger charge is 2.29. The van der Waals surface area contributed by atoms with Crippen LogP contribution in [0, 0.1) is 9.49 Å². The van der Waals surface area contributed by atoms with Crippen molar-refractivity contribution in [2.24, 2.45) is 5.92 Å². The van der Waals surface area contributed by atoms with Crippen LogP contribution in [0.25, 0.3) is 0 Å². The van der Waals surface area contributed by atoms with Gasteiger partial charge in [0.1, 0.15) is 5.75 Å². The summed E-state index contributed by atoms with van der Waals surface area (Å²) >= 11 is 3.78. The number of carbonyl (C=O) groups is 2. The molecular weight excluding hydrogens is 549 g/mol. The van der Waals surface area contributed by atoms with E-state index in [0.29, 0.717) is 12.3 Å². The van der Waals surface area contributed by atoms with Crippen molar-refractivity contribution in [1.29, 1.82) is 0 Å². The van der Waals surface area contributed by atoms with E-state index in [1.165, 1.54) is 7.11 Å². The van der Waals surface area contributed by atoms with Crippen molar-refractivity contribution in [2.75, 3.05) is 24.9 Å². The van der Waals surface area contributed by atoms with Gasteiger partial charge in [-0.2, -0.15) is 0 Å². The number of nitrogens with zero attached hydrogens (tertiary/aromatic N) is 1. The van der Waals surface area contributed by atoms with Crippen LogP contribution >= 0.6 is 34.4 Å². The van der Waals surface area contributed by atoms with Crippen molar-refractivity contribution in [3.05, 3.63) is 88.0 Å². The molecule has 0 heterocycles. The molecule has 0 fully saturated rings. The normalized spacial score (nSPS) is 11.5. The Balaban J connectivity index is 1.93. The highest BCUT2D eigenvalue weighted by atomic mass is 127. The van der Waals surface area contributed by atoms with Crippen LogP contribution in [0.1, 0.15) is 12.0 Å². The Morgan fingerprint density at radius 3 is 2.24 bits per heavy atom. The number of amides is 1. The van der Waals surface area contributed by atoms with Gasteiger partial charge in [0.15, 0.2) is 0 Å². The number of esters is 1. The maximum atomic E-state index is 13.9. The van der Waals surface area contributed by atoms with Gasteiger partial charge in [0.2, 0.25) is 5.91 Å². The zero-order chi connectivity index (χ0) is 23.6. The molecule has 0 aliphatic carbocycles. The van der Waals surface area contributed by atoms with E-state index in [0.717, 1.165) is 25.5 Å². The summed E-state index contributed by atoms with van der Waals surface area (Å²) in [7, 11) is 2.97. The zero-order valence-electron chi connectivity index (χ0n) is 18.6. The molecule has 0 radical (unpaired) electrons. The summed E-state index contributed by atoms with van der Waals surface area (Å²) in [6.07, 6.45) is 0.0210. The van der Waals surface area contributed by atoms with Gasteiger partial charge in [0.05, 0.1) is 38.8 Å². The number of hydrogen-bond acceptors (Lipinski definition) is 5. The third-order valence-corrected chi connectivity index (χ3v) is 7.12. The van der Waals surface area contributed by atoms with Gasteiger partial charge in [-0.3, -0.25) is 9.59 Å². The predicted octanol–water partition coefficient (Wildman–Crippen LogP) is 5.80. The zero-order valence-corrected chi connectivity index (χ0v) is 21.5. The van der Waals surface area contributed by atoms with E-state index < -0.39 is 11.9 Å². The van der Waals surface area contributed by atoms with Crippen LogP contribution in [0.2, 0.25) is 0 Å². The molecule has 0 N–H and O–H groups in total. The number of rotatable bonds is 10. The molecule has 7 heteroatoms. The number of carbonyl (C=O) groups excluding carboxylic acids is 2. The van der Waals surface area contributed by atoms with Gasteiger partial charge in [-0.15, -0.1) is 11.8 Å². The molecule has 1 unspecified atom stereocenters. The Morgan fingerprint density at radius 1 is 0.970 bits per heavy atom. The first kappa shape index (κ1) is 25.1. The summed E-state index contributed by atoms with van der Waals surface area (Å²) in [6, 6.07) is 25.3. The van der Waals surface area contributed by atoms with Crippen LogP contribution < -0.4 is 9.64 Å². The maximum Gasteiger partial charge on any atom is 0.306 e. The lowest BCUT2D eigenvalue weighted by atomic mass is 10.0. The van der Waals surface area contributed by atoms with Crippen LogP contribution in [-0.2, 0) is 20.9 Å². The van der Waals surface area contributed by atoms with E-state index >= 15 is 0 Å². The first-order valence-corrected chi connectivity index (χ1v) is 12.5. The molecule has 1 atom stereocenters. The van der Waals surface area contributed by atoms with E-state index in [2.05, 4.69) is 22.6 Å². The van der Waals surface area contributed by atoms with Gasteiger partial charge >= 0.3 is 5.97 Å². The molecule has 172 valence electrons. The van der Waals surface area contributed by atoms with Gasteiger partial charge in [0, 0.05) is 14.2 Å². The van der Waals surface area contributed by atoms with E-state index in [4.69, 9.17) is 9.47 Å². The SMILES string of the molecule is COC(=O)CC(CSc1ccccc1)C(=O)N(Cc1ccccc1)c1ccc(OC)cc1I. The summed E-state index contributed by atoms with van der Waals surface area (Å²) in [5.41, 5.74) is 1.79. The number of anilines is 1. The molecule has 0 spiro atoms. The topological polar surface area (TPSA) is 55.8 Å². The minimum absolute atomic E-state index is 0.0210. The summed E-state index contributed by atoms with van der Waals surface area (Å²) in [5, 5.41) is 0. The minimum Gasteiger partial charge on any atom is -0.497 e. The summed E-state index contributed by atoms with van der Waals surface area (Å²) in [5.74, 6) is 0.142. The smallest absolute Gasteiger partial charge is 0.306 e. The Kier molecular flexibility index (Phi) is 9.62. The standard InChI is InChI=1S/C26H26INO4S/c1-31-21-13-14-24(23(27)16-21)28(17-19-9-5-3-6-10-19)26(30)20(15-25(29)32-2)18-33-22-11-7-4-8-12-22/h3-14,16,20H,15,17-18H2,1-2H3. The molecule has 5 nitrogen and oxygen atoms in total. The highest BCUT2D eigenvalue weighted by molar-refractivity contribution is 14.1. The van der Waals surface area contributed by atoms with Crippen molar-refractivity contribution in [3.8, 4) is 5.75 Å². The molecule has 0 saturated heterocycles. The van der Waals surface area contributed by atoms with Crippen LogP contribution in [0.5, 0.6) is 5.75 Å². The molecule has 3 rings (SSSR count). The molecule has 33 heavy (non-hydrogen) atoms. The molecule has 3 aromatic carbocycles. The lowest BCUT2D eigenvalue weighted by Gasteiger charge is -2.28. The maximum absolute atomic E-state index is 13.9. The average molecular weight is 575 g/mol. The summed E-state index contributed by atoms with van der Waals surface area (Å²) in [6.45, 7) is 0.398. The first-order chi connectivity index (χ1) is 16.0. The van der Waals surface area contributed by atoms with Gasteiger partial charge in [-0.25, -0.2) is 0 Å². The Labute approximate surface area is 212 Å². The lowest BCUT2D eigenvalue weighted by Crippen LogP contribution is -2.38. The van der Waals surface area contributed by atoms with Gasteiger partial charge < -0.3 is 14.4 Å². The minimum atomic E-state index is -0.538. The van der Waals surface area contributed by atoms with Crippen molar-refractivity contribution >= 4 is 51.9 Å². The van der Waals surface area contributed by atoms with Gasteiger partial charge in [-0.1, -0.05) is 48.5 Å². The predicted molar refractivity (Wildman–Crippen MR) is 141 cm³/mol. The third-order valence-electron chi connectivity index (χ3n) is 5.08. The van der Waals surface area contributed by atoms with Crippen molar-refractivity contribution in [1.82, 2.24) is 0 Å². The number of ether oxygens (including phenoxy) is 2. The Hall–Kier alpha value is -2.52. The fraction of sp³-hybridized carbons (Fsp3) is 0.231. The van der Waals surface area contributed by atoms with E-state index in [9.17, 15) is 9.59 Å². The third kappa shape index (κ3) is 7.23. The average Bonchev–Trinajstić information content (AvgIpc) is 2.86. The van der Waals surface area contributed by atoms with Crippen LogP contribution in [0.4, 0.5) is 5.69 Å². The monoisotopic (exact) mass is 575 g/mol. The molecule has 0 bridgehead atoms. The Morgan fingerprint density at radius 2 is 1.64 bits per heavy atom. The van der Waals surface area contributed by atoms with E-state index in [-0.39, 0.29) is 12.3 Å². The molecular formula is C26H26INO4S. The number of halogens is 1. The second kappa shape index (κ2) is 12.6. The summed E-state index contributed by atoms with van der Waals surface area (Å²) in [4.78, 5) is 28.9. The lowest BCUT2D eigenvalue weighted by molar-refractivity contribution is -0.143. The molecule has 3 aromatic rings. The second-order valence-corrected chi connectivity index (χ2v) is 9.58. The van der Waals surface area contributed by atoms with Gasteiger partial charge in [0.25, 0.3) is 0 Å².